The van der Waals surface area contributed by atoms with Gasteiger partial charge in [0.05, 0.1) is 11.7 Å². The Morgan fingerprint density at radius 1 is 1.40 bits per heavy atom. The van der Waals surface area contributed by atoms with Crippen LogP contribution in [-0.2, 0) is 4.74 Å². The van der Waals surface area contributed by atoms with Crippen LogP contribution in [0.5, 0.6) is 0 Å². The predicted molar refractivity (Wildman–Crippen MR) is 59.5 cm³/mol. The van der Waals surface area contributed by atoms with Crippen LogP contribution in [0.25, 0.3) is 0 Å². The van der Waals surface area contributed by atoms with E-state index in [1.54, 1.807) is 5.57 Å². The Hall–Kier alpha value is -0.300. The van der Waals surface area contributed by atoms with Crippen molar-refractivity contribution < 1.29 is 4.74 Å². The van der Waals surface area contributed by atoms with Gasteiger partial charge in [0.2, 0.25) is 0 Å². The average Bonchev–Trinajstić information content (AvgIpc) is 2.61. The summed E-state index contributed by atoms with van der Waals surface area (Å²) in [5.41, 5.74) is 2.01. The second-order valence-electron chi connectivity index (χ2n) is 6.34. The topological polar surface area (TPSA) is 12.5 Å². The predicted octanol–water partition coefficient (Wildman–Crippen LogP) is 3.16. The molecule has 1 aliphatic heterocycles. The molecule has 82 valence electrons. The maximum absolute atomic E-state index is 5.95. The van der Waals surface area contributed by atoms with Crippen LogP contribution in [0.15, 0.2) is 11.6 Å². The molecule has 0 aromatic rings. The minimum absolute atomic E-state index is 0.366. The Balaban J connectivity index is 1.67. The normalized spacial score (nSPS) is 60.7. The molecule has 0 amide bonds. The molecule has 15 heavy (non-hydrogen) atoms. The molecule has 4 rings (SSSR count). The molecule has 6 atom stereocenters. The molecule has 0 aromatic heterocycles. The summed E-state index contributed by atoms with van der Waals surface area (Å²) in [5.74, 6) is 3.89. The summed E-state index contributed by atoms with van der Waals surface area (Å²) >= 11 is 0. The van der Waals surface area contributed by atoms with E-state index in [1.165, 1.54) is 25.7 Å². The molecule has 0 radical (unpaired) electrons. The Morgan fingerprint density at radius 3 is 2.93 bits per heavy atom. The number of ether oxygens (including phenoxy) is 1. The highest BCUT2D eigenvalue weighted by Crippen LogP contribution is 2.68. The lowest BCUT2D eigenvalue weighted by atomic mass is 9.67. The number of hydrogen-bond donors (Lipinski definition) is 0. The molecule has 4 aliphatic rings. The first-order chi connectivity index (χ1) is 7.21. The molecule has 2 saturated carbocycles. The van der Waals surface area contributed by atoms with Gasteiger partial charge in [-0.2, -0.15) is 0 Å². The number of hydrogen-bond acceptors (Lipinski definition) is 1. The van der Waals surface area contributed by atoms with Crippen LogP contribution >= 0.6 is 0 Å². The van der Waals surface area contributed by atoms with E-state index in [0.29, 0.717) is 11.7 Å². The largest absolute Gasteiger partial charge is 0.366 e. The van der Waals surface area contributed by atoms with E-state index < -0.39 is 0 Å². The molecule has 3 aliphatic carbocycles. The quantitative estimate of drug-likeness (QED) is 0.436. The molecule has 1 saturated heterocycles. The highest BCUT2D eigenvalue weighted by molar-refractivity contribution is 5.22. The van der Waals surface area contributed by atoms with Crippen molar-refractivity contribution in [3.05, 3.63) is 11.6 Å². The fourth-order valence-electron chi connectivity index (χ4n) is 5.03. The van der Waals surface area contributed by atoms with Crippen LogP contribution in [0, 0.1) is 23.7 Å². The molecular weight excluding hydrogens is 184 g/mol. The van der Waals surface area contributed by atoms with Gasteiger partial charge in [0, 0.05) is 0 Å². The monoisotopic (exact) mass is 204 g/mol. The van der Waals surface area contributed by atoms with Gasteiger partial charge in [-0.3, -0.25) is 0 Å². The molecule has 2 bridgehead atoms. The van der Waals surface area contributed by atoms with Crippen molar-refractivity contribution in [1.29, 1.82) is 0 Å². The molecule has 0 aromatic carbocycles. The van der Waals surface area contributed by atoms with Crippen molar-refractivity contribution in [3.8, 4) is 0 Å². The molecule has 0 N–H and O–H groups in total. The van der Waals surface area contributed by atoms with E-state index in [0.717, 1.165) is 23.7 Å². The van der Waals surface area contributed by atoms with E-state index in [-0.39, 0.29) is 0 Å². The second-order valence-corrected chi connectivity index (χ2v) is 6.34. The Kier molecular flexibility index (Phi) is 1.47. The number of epoxide rings is 1. The maximum atomic E-state index is 5.95. The van der Waals surface area contributed by atoms with Crippen LogP contribution in [0.4, 0.5) is 0 Å². The van der Waals surface area contributed by atoms with Crippen LogP contribution in [-0.4, -0.2) is 11.7 Å². The van der Waals surface area contributed by atoms with E-state index in [9.17, 15) is 0 Å². The first kappa shape index (κ1) is 8.81. The lowest BCUT2D eigenvalue weighted by Crippen LogP contribution is -2.36. The van der Waals surface area contributed by atoms with Gasteiger partial charge in [-0.15, -0.1) is 0 Å². The van der Waals surface area contributed by atoms with Crippen LogP contribution in [0.1, 0.15) is 39.5 Å². The Labute approximate surface area is 91.9 Å². The summed E-state index contributed by atoms with van der Waals surface area (Å²) < 4.78 is 5.95. The van der Waals surface area contributed by atoms with Gasteiger partial charge >= 0.3 is 0 Å². The van der Waals surface area contributed by atoms with Crippen LogP contribution < -0.4 is 0 Å². The first-order valence-electron chi connectivity index (χ1n) is 6.54. The third-order valence-corrected chi connectivity index (χ3v) is 5.76. The Morgan fingerprint density at radius 2 is 2.20 bits per heavy atom. The maximum Gasteiger partial charge on any atom is 0.0979 e. The van der Waals surface area contributed by atoms with Crippen LogP contribution in [0.3, 0.4) is 0 Å². The molecule has 3 fully saturated rings. The molecule has 1 spiro atoms. The van der Waals surface area contributed by atoms with Gasteiger partial charge in [-0.25, -0.2) is 0 Å². The third kappa shape index (κ3) is 0.939. The van der Waals surface area contributed by atoms with Gasteiger partial charge in [-0.1, -0.05) is 11.6 Å². The fourth-order valence-corrected chi connectivity index (χ4v) is 5.03. The standard InChI is InChI=1S/C14H20O/c1-8-3-4-11-12(5-8)10-6-13(11)14(7-10)9(2)15-14/h3,9-13H,4-7H2,1-2H3/t9?,10-,11?,12?,13-,14?/m1/s1. The lowest BCUT2D eigenvalue weighted by Gasteiger charge is -2.37. The molecule has 1 heterocycles. The number of allylic oxidation sites excluding steroid dienone is 2. The second kappa shape index (κ2) is 2.51. The van der Waals surface area contributed by atoms with Crippen molar-refractivity contribution >= 4 is 0 Å². The zero-order valence-electron chi connectivity index (χ0n) is 9.70. The van der Waals surface area contributed by atoms with Crippen molar-refractivity contribution in [3.63, 3.8) is 0 Å². The smallest absolute Gasteiger partial charge is 0.0979 e. The summed E-state index contributed by atoms with van der Waals surface area (Å²) in [7, 11) is 0. The highest BCUT2D eigenvalue weighted by Gasteiger charge is 2.70. The summed E-state index contributed by atoms with van der Waals surface area (Å²) in [6.07, 6.45) is 8.64. The highest BCUT2D eigenvalue weighted by atomic mass is 16.6. The van der Waals surface area contributed by atoms with E-state index >= 15 is 0 Å². The number of fused-ring (bicyclic) bond motifs is 6. The summed E-state index contributed by atoms with van der Waals surface area (Å²) in [6.45, 7) is 4.59. The van der Waals surface area contributed by atoms with Crippen molar-refractivity contribution in [2.45, 2.75) is 51.2 Å². The van der Waals surface area contributed by atoms with Crippen LogP contribution in [0.2, 0.25) is 0 Å². The molecule has 1 nitrogen and oxygen atoms in total. The van der Waals surface area contributed by atoms with Gasteiger partial charge in [0.1, 0.15) is 0 Å². The molecule has 4 unspecified atom stereocenters. The van der Waals surface area contributed by atoms with Gasteiger partial charge < -0.3 is 4.74 Å². The third-order valence-electron chi connectivity index (χ3n) is 5.76. The zero-order chi connectivity index (χ0) is 10.2. The fraction of sp³-hybridized carbons (Fsp3) is 0.857. The summed E-state index contributed by atoms with van der Waals surface area (Å²) in [4.78, 5) is 0. The van der Waals surface area contributed by atoms with Crippen molar-refractivity contribution in [2.75, 3.05) is 0 Å². The number of rotatable bonds is 0. The van der Waals surface area contributed by atoms with Gasteiger partial charge in [-0.05, 0) is 63.2 Å². The van der Waals surface area contributed by atoms with Gasteiger partial charge in [0.25, 0.3) is 0 Å². The van der Waals surface area contributed by atoms with E-state index in [4.69, 9.17) is 4.74 Å². The van der Waals surface area contributed by atoms with E-state index in [2.05, 4.69) is 19.9 Å². The molecular formula is C14H20O. The van der Waals surface area contributed by atoms with E-state index in [1.807, 2.05) is 0 Å². The zero-order valence-corrected chi connectivity index (χ0v) is 9.70. The minimum Gasteiger partial charge on any atom is -0.366 e. The summed E-state index contributed by atoms with van der Waals surface area (Å²) in [6, 6.07) is 0. The van der Waals surface area contributed by atoms with Gasteiger partial charge in [0.15, 0.2) is 0 Å². The van der Waals surface area contributed by atoms with Crippen molar-refractivity contribution in [2.24, 2.45) is 23.7 Å². The molecule has 1 heteroatoms. The summed E-state index contributed by atoms with van der Waals surface area (Å²) in [5, 5.41) is 0. The SMILES string of the molecule is CC1=CCC2C(C1)[C@@H]1C[C@H]2C2(C1)OC2C. The Bertz CT molecular complexity index is 345. The first-order valence-corrected chi connectivity index (χ1v) is 6.54. The van der Waals surface area contributed by atoms with Crippen molar-refractivity contribution in [1.82, 2.24) is 0 Å². The minimum atomic E-state index is 0.366. The average molecular weight is 204 g/mol. The lowest BCUT2D eigenvalue weighted by molar-refractivity contribution is 0.114.